The third-order valence-corrected chi connectivity index (χ3v) is 2.52. The number of rotatable bonds is 4. The highest BCUT2D eigenvalue weighted by molar-refractivity contribution is 7.07. The van der Waals surface area contributed by atoms with Crippen LogP contribution in [0.4, 0.5) is 0 Å². The van der Waals surface area contributed by atoms with Gasteiger partial charge in [0.15, 0.2) is 0 Å². The lowest BCUT2D eigenvalue weighted by Crippen LogP contribution is -2.12. The molecule has 0 atom stereocenters. The van der Waals surface area contributed by atoms with Crippen LogP contribution in [-0.4, -0.2) is 4.57 Å². The molecular formula is C9H15NOS. The van der Waals surface area contributed by atoms with Gasteiger partial charge in [-0.1, -0.05) is 25.2 Å². The molecule has 1 aromatic rings. The fraction of sp³-hybridized carbons (Fsp3) is 0.667. The Morgan fingerprint density at radius 2 is 2.33 bits per heavy atom. The first-order chi connectivity index (χ1) is 5.70. The number of hydrogen-bond acceptors (Lipinski definition) is 2. The van der Waals surface area contributed by atoms with Crippen molar-refractivity contribution in [2.45, 2.75) is 33.2 Å². The number of thiazole rings is 1. The summed E-state index contributed by atoms with van der Waals surface area (Å²) in [5.41, 5.74) is 0. The first-order valence-electron chi connectivity index (χ1n) is 4.34. The van der Waals surface area contributed by atoms with E-state index in [1.807, 2.05) is 11.6 Å². The molecule has 0 aliphatic rings. The molecule has 0 aliphatic carbocycles. The van der Waals surface area contributed by atoms with Crippen molar-refractivity contribution in [1.82, 2.24) is 4.57 Å². The van der Waals surface area contributed by atoms with Crippen molar-refractivity contribution in [2.75, 3.05) is 0 Å². The Morgan fingerprint density at radius 1 is 1.58 bits per heavy atom. The van der Waals surface area contributed by atoms with Crippen LogP contribution in [0, 0.1) is 5.92 Å². The third-order valence-electron chi connectivity index (χ3n) is 1.82. The number of nitrogens with zero attached hydrogens (tertiary/aromatic N) is 1. The molecule has 0 amide bonds. The minimum Gasteiger partial charge on any atom is -0.306 e. The van der Waals surface area contributed by atoms with Gasteiger partial charge in [0.1, 0.15) is 0 Å². The topological polar surface area (TPSA) is 22.0 Å². The highest BCUT2D eigenvalue weighted by Gasteiger charge is 1.97. The fourth-order valence-electron chi connectivity index (χ4n) is 1.13. The Kier molecular flexibility index (Phi) is 3.53. The summed E-state index contributed by atoms with van der Waals surface area (Å²) in [4.78, 5) is 11.2. The molecular weight excluding hydrogens is 170 g/mol. The molecule has 1 rings (SSSR count). The minimum atomic E-state index is 0.166. The van der Waals surface area contributed by atoms with Crippen LogP contribution >= 0.6 is 11.3 Å². The molecule has 1 heterocycles. The summed E-state index contributed by atoms with van der Waals surface area (Å²) < 4.78 is 1.78. The monoisotopic (exact) mass is 185 g/mol. The van der Waals surface area contributed by atoms with E-state index in [1.165, 1.54) is 17.8 Å². The van der Waals surface area contributed by atoms with Crippen molar-refractivity contribution in [3.05, 3.63) is 21.2 Å². The summed E-state index contributed by atoms with van der Waals surface area (Å²) in [5, 5.41) is 1.84. The molecule has 0 unspecified atom stereocenters. The minimum absolute atomic E-state index is 0.166. The molecule has 1 aromatic heterocycles. The number of hydrogen-bond donors (Lipinski definition) is 0. The molecule has 0 N–H and O–H groups in total. The lowest BCUT2D eigenvalue weighted by atomic mass is 10.1. The van der Waals surface area contributed by atoms with E-state index in [0.717, 1.165) is 18.9 Å². The zero-order chi connectivity index (χ0) is 8.97. The Balaban J connectivity index is 2.34. The molecule has 0 saturated heterocycles. The summed E-state index contributed by atoms with van der Waals surface area (Å²) in [6, 6.07) is 0. The maximum Gasteiger partial charge on any atom is 0.307 e. The standard InChI is InChI=1S/C9H15NOS/c1-8(2)4-3-5-10-6-7-12-9(10)11/h6-8H,3-5H2,1-2H3. The summed E-state index contributed by atoms with van der Waals surface area (Å²) in [5.74, 6) is 0.735. The van der Waals surface area contributed by atoms with Crippen molar-refractivity contribution in [1.29, 1.82) is 0 Å². The van der Waals surface area contributed by atoms with Gasteiger partial charge in [0, 0.05) is 18.1 Å². The molecule has 0 radical (unpaired) electrons. The van der Waals surface area contributed by atoms with Gasteiger partial charge in [-0.15, -0.1) is 0 Å². The molecule has 0 aliphatic heterocycles. The van der Waals surface area contributed by atoms with Gasteiger partial charge in [0.05, 0.1) is 0 Å². The average Bonchev–Trinajstić information content (AvgIpc) is 2.36. The van der Waals surface area contributed by atoms with E-state index in [-0.39, 0.29) is 4.87 Å². The van der Waals surface area contributed by atoms with E-state index in [1.54, 1.807) is 4.57 Å². The molecule has 12 heavy (non-hydrogen) atoms. The van der Waals surface area contributed by atoms with Crippen LogP contribution in [0.25, 0.3) is 0 Å². The summed E-state index contributed by atoms with van der Waals surface area (Å²) in [7, 11) is 0. The van der Waals surface area contributed by atoms with Gasteiger partial charge < -0.3 is 4.57 Å². The Hall–Kier alpha value is -0.570. The smallest absolute Gasteiger partial charge is 0.306 e. The van der Waals surface area contributed by atoms with E-state index in [4.69, 9.17) is 0 Å². The van der Waals surface area contributed by atoms with Crippen LogP contribution in [-0.2, 0) is 6.54 Å². The van der Waals surface area contributed by atoms with Crippen molar-refractivity contribution in [3.8, 4) is 0 Å². The van der Waals surface area contributed by atoms with Gasteiger partial charge in [-0.3, -0.25) is 4.79 Å². The molecule has 0 bridgehead atoms. The largest absolute Gasteiger partial charge is 0.307 e. The average molecular weight is 185 g/mol. The van der Waals surface area contributed by atoms with Gasteiger partial charge in [-0.2, -0.15) is 0 Å². The van der Waals surface area contributed by atoms with Gasteiger partial charge in [0.25, 0.3) is 0 Å². The first kappa shape index (κ1) is 9.52. The van der Waals surface area contributed by atoms with E-state index in [2.05, 4.69) is 13.8 Å². The highest BCUT2D eigenvalue weighted by atomic mass is 32.1. The van der Waals surface area contributed by atoms with Crippen LogP contribution in [0.15, 0.2) is 16.4 Å². The van der Waals surface area contributed by atoms with E-state index in [0.29, 0.717) is 0 Å². The molecule has 2 nitrogen and oxygen atoms in total. The van der Waals surface area contributed by atoms with E-state index in [9.17, 15) is 4.79 Å². The Labute approximate surface area is 76.9 Å². The van der Waals surface area contributed by atoms with E-state index < -0.39 is 0 Å². The van der Waals surface area contributed by atoms with Crippen LogP contribution in [0.1, 0.15) is 26.7 Å². The molecule has 0 saturated carbocycles. The van der Waals surface area contributed by atoms with Crippen LogP contribution in [0.5, 0.6) is 0 Å². The predicted octanol–water partition coefficient (Wildman–Crippen LogP) is 2.35. The zero-order valence-electron chi connectivity index (χ0n) is 7.62. The lowest BCUT2D eigenvalue weighted by molar-refractivity contribution is 0.509. The Morgan fingerprint density at radius 3 is 2.83 bits per heavy atom. The first-order valence-corrected chi connectivity index (χ1v) is 5.22. The SMILES string of the molecule is CC(C)CCCn1ccsc1=O. The third kappa shape index (κ3) is 2.81. The normalized spacial score (nSPS) is 10.9. The molecule has 3 heteroatoms. The number of aromatic nitrogens is 1. The van der Waals surface area contributed by atoms with Gasteiger partial charge in [-0.25, -0.2) is 0 Å². The van der Waals surface area contributed by atoms with Gasteiger partial charge in [0.2, 0.25) is 0 Å². The summed E-state index contributed by atoms with van der Waals surface area (Å²) >= 11 is 1.27. The summed E-state index contributed by atoms with van der Waals surface area (Å²) in [6.07, 6.45) is 4.17. The van der Waals surface area contributed by atoms with Gasteiger partial charge in [-0.05, 0) is 18.8 Å². The second-order valence-corrected chi connectivity index (χ2v) is 4.26. The fourth-order valence-corrected chi connectivity index (χ4v) is 1.74. The van der Waals surface area contributed by atoms with Crippen molar-refractivity contribution in [2.24, 2.45) is 5.92 Å². The summed E-state index contributed by atoms with van der Waals surface area (Å²) in [6.45, 7) is 5.29. The second-order valence-electron chi connectivity index (χ2n) is 3.40. The zero-order valence-corrected chi connectivity index (χ0v) is 8.43. The van der Waals surface area contributed by atoms with Crippen molar-refractivity contribution >= 4 is 11.3 Å². The maximum absolute atomic E-state index is 11.1. The maximum atomic E-state index is 11.1. The lowest BCUT2D eigenvalue weighted by Gasteiger charge is -2.03. The van der Waals surface area contributed by atoms with Crippen LogP contribution < -0.4 is 4.87 Å². The molecule has 68 valence electrons. The Bertz CT molecular complexity index is 274. The van der Waals surface area contributed by atoms with E-state index >= 15 is 0 Å². The molecule has 0 spiro atoms. The van der Waals surface area contributed by atoms with Crippen molar-refractivity contribution in [3.63, 3.8) is 0 Å². The van der Waals surface area contributed by atoms with Crippen LogP contribution in [0.3, 0.4) is 0 Å². The quantitative estimate of drug-likeness (QED) is 0.705. The highest BCUT2D eigenvalue weighted by Crippen LogP contribution is 2.04. The second kappa shape index (κ2) is 4.45. The van der Waals surface area contributed by atoms with Gasteiger partial charge >= 0.3 is 4.87 Å². The predicted molar refractivity (Wildman–Crippen MR) is 52.7 cm³/mol. The van der Waals surface area contributed by atoms with Crippen LogP contribution in [0.2, 0.25) is 0 Å². The molecule has 0 fully saturated rings. The number of aryl methyl sites for hydroxylation is 1. The van der Waals surface area contributed by atoms with Crippen molar-refractivity contribution < 1.29 is 0 Å². The molecule has 0 aromatic carbocycles.